The first kappa shape index (κ1) is 14.8. The number of rotatable bonds is 6. The average molecular weight is 265 g/mol. The van der Waals surface area contributed by atoms with Crippen LogP contribution in [0.4, 0.5) is 0 Å². The second kappa shape index (κ2) is 7.25. The summed E-state index contributed by atoms with van der Waals surface area (Å²) >= 11 is 0. The number of hydrogen-bond donors (Lipinski definition) is 3. The number of oxime groups is 1. The fraction of sp³-hybridized carbons (Fsp3) is 0.385. The Morgan fingerprint density at radius 2 is 2.21 bits per heavy atom. The third-order valence-electron chi connectivity index (χ3n) is 2.71. The predicted octanol–water partition coefficient (Wildman–Crippen LogP) is 1.34. The number of nitrogens with one attached hydrogen (secondary N) is 1. The molecule has 0 saturated heterocycles. The van der Waals surface area contributed by atoms with E-state index in [1.165, 1.54) is 7.11 Å². The number of carbonyl (C=O) groups excluding carboxylic acids is 1. The van der Waals surface area contributed by atoms with E-state index in [9.17, 15) is 4.79 Å². The van der Waals surface area contributed by atoms with E-state index in [0.717, 1.165) is 6.42 Å². The summed E-state index contributed by atoms with van der Waals surface area (Å²) in [6, 6.07) is 6.39. The van der Waals surface area contributed by atoms with Gasteiger partial charge in [-0.15, -0.1) is 0 Å². The van der Waals surface area contributed by atoms with Crippen LogP contribution in [0.5, 0.6) is 5.75 Å². The number of ether oxygens (including phenoxy) is 1. The quantitative estimate of drug-likeness (QED) is 0.313. The molecule has 1 rings (SSSR count). The van der Waals surface area contributed by atoms with Crippen LogP contribution in [-0.4, -0.2) is 30.1 Å². The first-order valence-corrected chi connectivity index (χ1v) is 6.05. The number of hydrogen-bond acceptors (Lipinski definition) is 4. The van der Waals surface area contributed by atoms with Crippen LogP contribution in [0.1, 0.15) is 30.1 Å². The lowest BCUT2D eigenvalue weighted by Crippen LogP contribution is -2.44. The minimum atomic E-state index is -0.493. The minimum absolute atomic E-state index is 0.00917. The summed E-state index contributed by atoms with van der Waals surface area (Å²) in [4.78, 5) is 12.1. The van der Waals surface area contributed by atoms with Gasteiger partial charge in [-0.1, -0.05) is 30.6 Å². The van der Waals surface area contributed by atoms with Gasteiger partial charge in [0.05, 0.1) is 18.7 Å². The monoisotopic (exact) mass is 265 g/mol. The summed E-state index contributed by atoms with van der Waals surface area (Å²) in [5.74, 6) is 0.155. The number of nitrogens with two attached hydrogens (primary N) is 1. The van der Waals surface area contributed by atoms with Gasteiger partial charge in [-0.25, -0.2) is 0 Å². The number of benzene rings is 1. The van der Waals surface area contributed by atoms with Gasteiger partial charge in [-0.05, 0) is 18.6 Å². The van der Waals surface area contributed by atoms with E-state index in [2.05, 4.69) is 10.5 Å². The van der Waals surface area contributed by atoms with E-state index in [1.54, 1.807) is 24.3 Å². The van der Waals surface area contributed by atoms with Gasteiger partial charge in [-0.3, -0.25) is 4.79 Å². The summed E-state index contributed by atoms with van der Waals surface area (Å²) in [7, 11) is 1.50. The maximum Gasteiger partial charge on any atom is 0.255 e. The molecule has 0 spiro atoms. The number of methoxy groups -OCH3 is 1. The van der Waals surface area contributed by atoms with Crippen molar-refractivity contribution in [3.05, 3.63) is 29.8 Å². The van der Waals surface area contributed by atoms with Crippen LogP contribution in [0, 0.1) is 0 Å². The summed E-state index contributed by atoms with van der Waals surface area (Å²) in [5.41, 5.74) is 5.97. The number of nitrogens with zero attached hydrogens (tertiary/aromatic N) is 1. The Bertz CT molecular complexity index is 460. The molecule has 1 unspecified atom stereocenters. The molecule has 1 aromatic rings. The van der Waals surface area contributed by atoms with Crippen molar-refractivity contribution in [2.24, 2.45) is 10.9 Å². The Balaban J connectivity index is 2.87. The third-order valence-corrected chi connectivity index (χ3v) is 2.71. The lowest BCUT2D eigenvalue weighted by atomic mass is 10.1. The van der Waals surface area contributed by atoms with Gasteiger partial charge in [0.25, 0.3) is 5.91 Å². The molecule has 1 aromatic carbocycles. The third kappa shape index (κ3) is 3.87. The molecule has 0 fully saturated rings. The maximum absolute atomic E-state index is 12.1. The molecule has 0 aromatic heterocycles. The molecule has 0 aliphatic carbocycles. The van der Waals surface area contributed by atoms with E-state index >= 15 is 0 Å². The molecular weight excluding hydrogens is 246 g/mol. The number of para-hydroxylation sites is 1. The van der Waals surface area contributed by atoms with Crippen molar-refractivity contribution in [2.75, 3.05) is 7.11 Å². The molecule has 0 saturated carbocycles. The van der Waals surface area contributed by atoms with E-state index in [-0.39, 0.29) is 11.7 Å². The van der Waals surface area contributed by atoms with Gasteiger partial charge < -0.3 is 21.0 Å². The van der Waals surface area contributed by atoms with Gasteiger partial charge in [0.15, 0.2) is 5.84 Å². The molecule has 0 aliphatic rings. The Kier molecular flexibility index (Phi) is 5.66. The average Bonchev–Trinajstić information content (AvgIpc) is 2.45. The number of carbonyl (C=O) groups is 1. The molecule has 104 valence electrons. The molecule has 4 N–H and O–H groups in total. The zero-order chi connectivity index (χ0) is 14.3. The van der Waals surface area contributed by atoms with E-state index in [0.29, 0.717) is 17.7 Å². The zero-order valence-electron chi connectivity index (χ0n) is 11.1. The molecule has 1 amide bonds. The highest BCUT2D eigenvalue weighted by atomic mass is 16.5. The van der Waals surface area contributed by atoms with Gasteiger partial charge in [-0.2, -0.15) is 0 Å². The molecule has 19 heavy (non-hydrogen) atoms. The van der Waals surface area contributed by atoms with Crippen LogP contribution >= 0.6 is 0 Å². The van der Waals surface area contributed by atoms with Gasteiger partial charge >= 0.3 is 0 Å². The molecule has 1 atom stereocenters. The van der Waals surface area contributed by atoms with Crippen molar-refractivity contribution < 1.29 is 14.7 Å². The van der Waals surface area contributed by atoms with Crippen molar-refractivity contribution in [1.29, 1.82) is 0 Å². The fourth-order valence-electron chi connectivity index (χ4n) is 1.72. The normalized spacial score (nSPS) is 12.8. The van der Waals surface area contributed by atoms with Crippen molar-refractivity contribution in [1.82, 2.24) is 5.32 Å². The van der Waals surface area contributed by atoms with Crippen LogP contribution in [0.25, 0.3) is 0 Å². The Morgan fingerprint density at radius 1 is 1.53 bits per heavy atom. The van der Waals surface area contributed by atoms with Crippen LogP contribution < -0.4 is 15.8 Å². The first-order valence-electron chi connectivity index (χ1n) is 6.05. The molecular formula is C13H19N3O3. The Morgan fingerprint density at radius 3 is 2.79 bits per heavy atom. The first-order chi connectivity index (χ1) is 9.13. The molecule has 0 aliphatic heterocycles. The topological polar surface area (TPSA) is 96.9 Å². The second-order valence-electron chi connectivity index (χ2n) is 4.04. The van der Waals surface area contributed by atoms with Crippen molar-refractivity contribution in [2.45, 2.75) is 25.8 Å². The molecule has 0 radical (unpaired) electrons. The van der Waals surface area contributed by atoms with Crippen LogP contribution in [0.3, 0.4) is 0 Å². The molecule has 0 bridgehead atoms. The van der Waals surface area contributed by atoms with Crippen LogP contribution in [-0.2, 0) is 0 Å². The summed E-state index contributed by atoms with van der Waals surface area (Å²) in [6.45, 7) is 1.95. The Labute approximate surface area is 112 Å². The Hall–Kier alpha value is -2.24. The van der Waals surface area contributed by atoms with E-state index < -0.39 is 6.04 Å². The highest BCUT2D eigenvalue weighted by molar-refractivity contribution is 6.00. The van der Waals surface area contributed by atoms with Gasteiger partial charge in [0.2, 0.25) is 0 Å². The molecule has 0 heterocycles. The lowest BCUT2D eigenvalue weighted by Gasteiger charge is -2.17. The fourth-order valence-corrected chi connectivity index (χ4v) is 1.72. The molecule has 6 heteroatoms. The molecule has 6 nitrogen and oxygen atoms in total. The second-order valence-corrected chi connectivity index (χ2v) is 4.04. The SMILES string of the molecule is CCCC(NC(=O)c1ccccc1OC)/C(N)=N/O. The highest BCUT2D eigenvalue weighted by Gasteiger charge is 2.19. The van der Waals surface area contributed by atoms with Gasteiger partial charge in [0.1, 0.15) is 5.75 Å². The van der Waals surface area contributed by atoms with Crippen molar-refractivity contribution in [3.63, 3.8) is 0 Å². The van der Waals surface area contributed by atoms with E-state index in [4.69, 9.17) is 15.7 Å². The predicted molar refractivity (Wildman–Crippen MR) is 72.6 cm³/mol. The minimum Gasteiger partial charge on any atom is -0.496 e. The zero-order valence-corrected chi connectivity index (χ0v) is 11.1. The van der Waals surface area contributed by atoms with Crippen molar-refractivity contribution in [3.8, 4) is 5.75 Å². The standard InChI is InChI=1S/C13H19N3O3/c1-3-6-10(12(14)16-18)15-13(17)9-7-4-5-8-11(9)19-2/h4-5,7-8,10,18H,3,6H2,1-2H3,(H2,14,16)(H,15,17). The van der Waals surface area contributed by atoms with E-state index in [1.807, 2.05) is 6.92 Å². The summed E-state index contributed by atoms with van der Waals surface area (Å²) < 4.78 is 5.12. The lowest BCUT2D eigenvalue weighted by molar-refractivity contribution is 0.0942. The number of amidine groups is 1. The smallest absolute Gasteiger partial charge is 0.255 e. The maximum atomic E-state index is 12.1. The van der Waals surface area contributed by atoms with Crippen molar-refractivity contribution >= 4 is 11.7 Å². The highest BCUT2D eigenvalue weighted by Crippen LogP contribution is 2.17. The summed E-state index contributed by atoms with van der Waals surface area (Å²) in [6.07, 6.45) is 1.39. The van der Waals surface area contributed by atoms with Gasteiger partial charge in [0, 0.05) is 0 Å². The van der Waals surface area contributed by atoms with Crippen LogP contribution in [0.15, 0.2) is 29.4 Å². The summed E-state index contributed by atoms with van der Waals surface area (Å²) in [5, 5.41) is 14.4. The van der Waals surface area contributed by atoms with Crippen LogP contribution in [0.2, 0.25) is 0 Å². The number of amides is 1. The largest absolute Gasteiger partial charge is 0.496 e.